The molecule has 1 aromatic heterocycles. The first-order valence-electron chi connectivity index (χ1n) is 5.63. The van der Waals surface area contributed by atoms with E-state index in [0.717, 1.165) is 11.8 Å². The molecule has 110 valence electrons. The fourth-order valence-electron chi connectivity index (χ4n) is 1.48. The summed E-state index contributed by atoms with van der Waals surface area (Å²) in [5.74, 6) is -1.03. The molecule has 0 fully saturated rings. The van der Waals surface area contributed by atoms with Crippen LogP contribution in [0.2, 0.25) is 0 Å². The summed E-state index contributed by atoms with van der Waals surface area (Å²) in [5, 5.41) is 24.9. The highest BCUT2D eigenvalue weighted by atomic mass is 32.2. The van der Waals surface area contributed by atoms with E-state index in [1.165, 1.54) is 25.3 Å². The first-order chi connectivity index (χ1) is 10.0. The van der Waals surface area contributed by atoms with Crippen LogP contribution in [0, 0.1) is 4.91 Å². The van der Waals surface area contributed by atoms with E-state index in [-0.39, 0.29) is 27.3 Å². The maximum Gasteiger partial charge on any atom is 0.358 e. The molecule has 0 bridgehead atoms. The van der Waals surface area contributed by atoms with Crippen LogP contribution in [0.25, 0.3) is 11.4 Å². The number of thioether (sulfide) groups is 1. The van der Waals surface area contributed by atoms with Crippen molar-refractivity contribution in [3.8, 4) is 17.1 Å². The highest BCUT2D eigenvalue weighted by Gasteiger charge is 2.22. The number of H-pyrrole nitrogens is 1. The van der Waals surface area contributed by atoms with E-state index in [9.17, 15) is 14.8 Å². The molecule has 0 unspecified atom stereocenters. The number of rotatable bonds is 6. The van der Waals surface area contributed by atoms with Crippen molar-refractivity contribution < 1.29 is 24.8 Å². The van der Waals surface area contributed by atoms with Crippen LogP contribution in [-0.2, 0) is 9.63 Å². The molecule has 0 saturated heterocycles. The molecule has 1 heterocycles. The Labute approximate surface area is 122 Å². The Morgan fingerprint density at radius 1 is 1.52 bits per heavy atom. The number of aromatic amines is 1. The molecule has 21 heavy (non-hydrogen) atoms. The molecule has 0 saturated carbocycles. The van der Waals surface area contributed by atoms with Crippen LogP contribution in [0.3, 0.4) is 0 Å². The summed E-state index contributed by atoms with van der Waals surface area (Å²) in [4.78, 5) is 30.6. The van der Waals surface area contributed by atoms with Gasteiger partial charge in [0, 0.05) is 11.6 Å². The highest BCUT2D eigenvalue weighted by Crippen LogP contribution is 2.30. The topological polar surface area (TPSA) is 128 Å². The van der Waals surface area contributed by atoms with Crippen molar-refractivity contribution in [1.82, 2.24) is 15.2 Å². The van der Waals surface area contributed by atoms with Gasteiger partial charge in [0.2, 0.25) is 5.16 Å². The molecule has 10 heteroatoms. The van der Waals surface area contributed by atoms with Gasteiger partial charge in [0.05, 0.1) is 10.7 Å². The Morgan fingerprint density at radius 3 is 2.95 bits per heavy atom. The predicted octanol–water partition coefficient (Wildman–Crippen LogP) is 1.33. The van der Waals surface area contributed by atoms with Crippen molar-refractivity contribution in [2.24, 2.45) is 0 Å². The number of carbonyl (C=O) groups is 1. The van der Waals surface area contributed by atoms with Gasteiger partial charge in [0.1, 0.15) is 0 Å². The third kappa shape index (κ3) is 3.48. The van der Waals surface area contributed by atoms with Gasteiger partial charge >= 0.3 is 11.7 Å². The molecule has 0 radical (unpaired) electrons. The van der Waals surface area contributed by atoms with Crippen molar-refractivity contribution in [3.05, 3.63) is 23.1 Å². The van der Waals surface area contributed by atoms with Crippen LogP contribution in [0.5, 0.6) is 5.75 Å². The zero-order valence-corrected chi connectivity index (χ0v) is 11.6. The Hall–Kier alpha value is -2.62. The molecule has 0 spiro atoms. The predicted molar refractivity (Wildman–Crippen MR) is 72.1 cm³/mol. The Morgan fingerprint density at radius 2 is 2.29 bits per heavy atom. The summed E-state index contributed by atoms with van der Waals surface area (Å²) in [5.41, 5.74) is 0.418. The molecule has 1 aromatic carbocycles. The third-order valence-electron chi connectivity index (χ3n) is 2.40. The zero-order chi connectivity index (χ0) is 15.4. The largest absolute Gasteiger partial charge is 0.502 e. The summed E-state index contributed by atoms with van der Waals surface area (Å²) in [7, 11) is 1.17. The van der Waals surface area contributed by atoms with E-state index in [1.54, 1.807) is 0 Å². The van der Waals surface area contributed by atoms with Crippen LogP contribution in [-0.4, -0.2) is 49.1 Å². The Bertz CT molecular complexity index is 687. The van der Waals surface area contributed by atoms with Gasteiger partial charge in [-0.15, -0.1) is 5.10 Å². The molecular weight excluding hydrogens is 300 g/mol. The number of carboxylic acid groups (broad SMARTS) is 1. The third-order valence-corrected chi connectivity index (χ3v) is 3.23. The first-order valence-corrected chi connectivity index (χ1v) is 6.61. The summed E-state index contributed by atoms with van der Waals surface area (Å²) in [6.07, 6.45) is 0. The van der Waals surface area contributed by atoms with E-state index in [1.807, 2.05) is 0 Å². The van der Waals surface area contributed by atoms with Crippen molar-refractivity contribution in [2.75, 3.05) is 12.9 Å². The normalized spacial score (nSPS) is 10.3. The van der Waals surface area contributed by atoms with E-state index >= 15 is 0 Å². The molecule has 0 atom stereocenters. The lowest BCUT2D eigenvalue weighted by Crippen LogP contribution is -1.98. The van der Waals surface area contributed by atoms with Gasteiger partial charge in [0.25, 0.3) is 4.92 Å². The zero-order valence-electron chi connectivity index (χ0n) is 10.8. The number of aliphatic carboxylic acids is 1. The van der Waals surface area contributed by atoms with Gasteiger partial charge < -0.3 is 10.2 Å². The number of benzene rings is 1. The fraction of sp³-hybridized carbons (Fsp3) is 0.182. The highest BCUT2D eigenvalue weighted by molar-refractivity contribution is 7.99. The minimum absolute atomic E-state index is 0.0776. The van der Waals surface area contributed by atoms with Crippen molar-refractivity contribution in [2.45, 2.75) is 5.16 Å². The number of nitrogens with zero attached hydrogens (tertiary/aromatic N) is 3. The van der Waals surface area contributed by atoms with Crippen LogP contribution in [0.1, 0.15) is 0 Å². The smallest absolute Gasteiger partial charge is 0.358 e. The molecule has 2 rings (SSSR count). The molecule has 0 aliphatic carbocycles. The maximum absolute atomic E-state index is 11.4. The molecular formula is C11H11N4O5S+. The lowest BCUT2D eigenvalue weighted by Gasteiger charge is -1.97. The number of aromatic hydroxyl groups is 1. The van der Waals surface area contributed by atoms with Crippen LogP contribution in [0.15, 0.2) is 23.4 Å². The van der Waals surface area contributed by atoms with Gasteiger partial charge in [-0.3, -0.25) is 9.89 Å². The Kier molecular flexibility index (Phi) is 4.38. The lowest BCUT2D eigenvalue weighted by atomic mass is 10.2. The van der Waals surface area contributed by atoms with Gasteiger partial charge in [-0.25, -0.2) is 9.82 Å². The number of nitrogens with one attached hydrogen (secondary N) is 1. The average molecular weight is 311 g/mol. The van der Waals surface area contributed by atoms with Crippen LogP contribution < -0.4 is 0 Å². The quantitative estimate of drug-likeness (QED) is 0.538. The number of phenols is 1. The van der Waals surface area contributed by atoms with E-state index in [2.05, 4.69) is 20.0 Å². The monoisotopic (exact) mass is 311 g/mol. The molecule has 0 amide bonds. The molecule has 0 aliphatic rings. The Balaban J connectivity index is 2.26. The van der Waals surface area contributed by atoms with Crippen LogP contribution in [0.4, 0.5) is 5.69 Å². The van der Waals surface area contributed by atoms with Gasteiger partial charge in [-0.1, -0.05) is 11.8 Å². The molecule has 2 aromatic rings. The number of aromatic nitrogens is 3. The molecule has 3 N–H and O–H groups in total. The van der Waals surface area contributed by atoms with Gasteiger partial charge in [0.15, 0.2) is 18.7 Å². The second kappa shape index (κ2) is 6.22. The van der Waals surface area contributed by atoms with E-state index < -0.39 is 5.97 Å². The van der Waals surface area contributed by atoms with E-state index in [0.29, 0.717) is 11.4 Å². The van der Waals surface area contributed by atoms with E-state index in [4.69, 9.17) is 5.11 Å². The molecule has 9 nitrogen and oxygen atoms in total. The van der Waals surface area contributed by atoms with Crippen molar-refractivity contribution in [3.63, 3.8) is 0 Å². The maximum atomic E-state index is 11.4. The average Bonchev–Trinajstić information content (AvgIpc) is 2.93. The number of carboxylic acids is 1. The second-order valence-corrected chi connectivity index (χ2v) is 4.73. The number of phenolic OH excluding ortho intramolecular Hbond substituents is 1. The molecule has 0 aliphatic heterocycles. The number of hydrogen-bond acceptors (Lipinski definition) is 7. The lowest BCUT2D eigenvalue weighted by molar-refractivity contribution is -0.736. The summed E-state index contributed by atoms with van der Waals surface area (Å²) >= 11 is 0.963. The van der Waals surface area contributed by atoms with Gasteiger partial charge in [-0.2, -0.15) is 0 Å². The fourth-order valence-corrected chi connectivity index (χ4v) is 2.00. The minimum Gasteiger partial charge on any atom is -0.502 e. The summed E-state index contributed by atoms with van der Waals surface area (Å²) in [6, 6.07) is 4.23. The first kappa shape index (κ1) is 14.8. The van der Waals surface area contributed by atoms with Crippen LogP contribution >= 0.6 is 11.8 Å². The minimum atomic E-state index is -0.972. The van der Waals surface area contributed by atoms with Crippen molar-refractivity contribution >= 4 is 23.4 Å². The summed E-state index contributed by atoms with van der Waals surface area (Å²) in [6.45, 7) is 0. The number of hydrogen-bond donors (Lipinski definition) is 3. The summed E-state index contributed by atoms with van der Waals surface area (Å²) < 4.78 is 0. The van der Waals surface area contributed by atoms with Crippen molar-refractivity contribution in [1.29, 1.82) is 0 Å². The van der Waals surface area contributed by atoms with Gasteiger partial charge in [-0.05, 0) is 12.1 Å². The standard InChI is InChI=1S/C11H10N4O5S/c1-20-15(19)7-4-6(2-3-8(7)16)10-12-11(14-13-10)21-5-9(17)18/h2-4H,5H2,1H3,(H2-,12,13,14,16,17,18,19)/p+1. The SMILES string of the molecule is CO[N+](=O)c1cc(-c2nc(SCC(=O)O)n[nH]2)ccc1O. The second-order valence-electron chi connectivity index (χ2n) is 3.79.